The summed E-state index contributed by atoms with van der Waals surface area (Å²) in [6, 6.07) is 5.30. The van der Waals surface area contributed by atoms with E-state index in [1.54, 1.807) is 5.57 Å². The van der Waals surface area contributed by atoms with Crippen LogP contribution in [0.3, 0.4) is 0 Å². The molecule has 2 unspecified atom stereocenters. The first-order valence-electron chi connectivity index (χ1n) is 8.43. The van der Waals surface area contributed by atoms with Crippen molar-refractivity contribution >= 4 is 11.4 Å². The van der Waals surface area contributed by atoms with Crippen molar-refractivity contribution in [2.24, 2.45) is 0 Å². The van der Waals surface area contributed by atoms with Crippen molar-refractivity contribution in [2.45, 2.75) is 51.5 Å². The van der Waals surface area contributed by atoms with Crippen LogP contribution in [0.1, 0.15) is 44.7 Å². The quantitative estimate of drug-likeness (QED) is 0.869. The zero-order chi connectivity index (χ0) is 15.9. The van der Waals surface area contributed by atoms with Crippen molar-refractivity contribution in [3.8, 4) is 0 Å². The third kappa shape index (κ3) is 2.35. The Hall–Kier alpha value is -1.70. The van der Waals surface area contributed by atoms with E-state index >= 15 is 0 Å². The van der Waals surface area contributed by atoms with Gasteiger partial charge >= 0.3 is 0 Å². The van der Waals surface area contributed by atoms with Crippen LogP contribution in [0, 0.1) is 0 Å². The van der Waals surface area contributed by atoms with Gasteiger partial charge in [-0.05, 0) is 49.4 Å². The van der Waals surface area contributed by atoms with Crippen LogP contribution in [0.4, 0.5) is 11.4 Å². The lowest BCUT2D eigenvalue weighted by Gasteiger charge is -2.30. The van der Waals surface area contributed by atoms with Crippen LogP contribution >= 0.6 is 0 Å². The molecule has 0 bridgehead atoms. The van der Waals surface area contributed by atoms with Gasteiger partial charge in [-0.15, -0.1) is 0 Å². The minimum absolute atomic E-state index is 0.195. The summed E-state index contributed by atoms with van der Waals surface area (Å²) in [6.45, 7) is 6.88. The second kappa shape index (κ2) is 5.49. The molecule has 2 aliphatic carbocycles. The molecule has 1 aromatic carbocycles. The third-order valence-electron chi connectivity index (χ3n) is 5.36. The topological polar surface area (TPSA) is 15.3 Å². The van der Waals surface area contributed by atoms with Crippen LogP contribution in [0.15, 0.2) is 35.9 Å². The van der Waals surface area contributed by atoms with Gasteiger partial charge < -0.3 is 10.2 Å². The Balaban J connectivity index is 2.09. The molecule has 2 aliphatic rings. The van der Waals surface area contributed by atoms with Gasteiger partial charge in [-0.2, -0.15) is 0 Å². The van der Waals surface area contributed by atoms with Crippen LogP contribution < -0.4 is 10.2 Å². The highest BCUT2D eigenvalue weighted by molar-refractivity contribution is 5.75. The van der Waals surface area contributed by atoms with Crippen molar-refractivity contribution in [2.75, 3.05) is 24.3 Å². The second-order valence-corrected chi connectivity index (χ2v) is 7.21. The first-order chi connectivity index (χ1) is 10.5. The monoisotopic (exact) mass is 296 g/mol. The maximum Gasteiger partial charge on any atom is 0.0599 e. The summed E-state index contributed by atoms with van der Waals surface area (Å²) in [5.41, 5.74) is 7.34. The Morgan fingerprint density at radius 2 is 2.09 bits per heavy atom. The van der Waals surface area contributed by atoms with Gasteiger partial charge in [0.05, 0.1) is 11.4 Å². The van der Waals surface area contributed by atoms with Gasteiger partial charge in [0.2, 0.25) is 0 Å². The smallest absolute Gasteiger partial charge is 0.0599 e. The van der Waals surface area contributed by atoms with E-state index < -0.39 is 0 Å². The van der Waals surface area contributed by atoms with Crippen LogP contribution in [0.2, 0.25) is 0 Å². The Labute approximate surface area is 134 Å². The van der Waals surface area contributed by atoms with Crippen LogP contribution in [-0.4, -0.2) is 20.1 Å². The van der Waals surface area contributed by atoms with E-state index in [1.807, 2.05) is 0 Å². The number of nitrogens with one attached hydrogen (secondary N) is 1. The number of benzene rings is 1. The molecular formula is C20H28N2. The van der Waals surface area contributed by atoms with E-state index in [2.05, 4.69) is 75.4 Å². The number of hydrogen-bond acceptors (Lipinski definition) is 2. The highest BCUT2D eigenvalue weighted by atomic mass is 15.1. The van der Waals surface area contributed by atoms with Gasteiger partial charge in [-0.25, -0.2) is 0 Å². The number of anilines is 2. The maximum absolute atomic E-state index is 3.70. The minimum Gasteiger partial charge on any atom is -0.381 e. The number of allylic oxidation sites excluding steroid dienone is 4. The molecule has 3 rings (SSSR count). The Morgan fingerprint density at radius 1 is 1.32 bits per heavy atom. The van der Waals surface area contributed by atoms with Crippen molar-refractivity contribution < 1.29 is 0 Å². The largest absolute Gasteiger partial charge is 0.381 e. The molecule has 0 heterocycles. The fraction of sp³-hybridized carbons (Fsp3) is 0.500. The van der Waals surface area contributed by atoms with E-state index in [1.165, 1.54) is 22.5 Å². The van der Waals surface area contributed by atoms with Gasteiger partial charge in [-0.3, -0.25) is 0 Å². The zero-order valence-corrected chi connectivity index (χ0v) is 14.5. The summed E-state index contributed by atoms with van der Waals surface area (Å²) in [7, 11) is 4.27. The molecule has 2 nitrogen and oxygen atoms in total. The second-order valence-electron chi connectivity index (χ2n) is 7.21. The molecule has 0 saturated heterocycles. The molecule has 0 spiro atoms. The van der Waals surface area contributed by atoms with Gasteiger partial charge in [-0.1, -0.05) is 37.6 Å². The molecule has 0 aromatic heterocycles. The van der Waals surface area contributed by atoms with E-state index in [0.717, 1.165) is 19.3 Å². The van der Waals surface area contributed by atoms with Crippen molar-refractivity contribution in [3.63, 3.8) is 0 Å². The summed E-state index contributed by atoms with van der Waals surface area (Å²) in [6.07, 6.45) is 10.2. The molecular weight excluding hydrogens is 268 g/mol. The zero-order valence-electron chi connectivity index (χ0n) is 14.5. The molecule has 0 saturated carbocycles. The number of hydrogen-bond donors (Lipinski definition) is 1. The average molecular weight is 296 g/mol. The van der Waals surface area contributed by atoms with Crippen molar-refractivity contribution in [1.29, 1.82) is 0 Å². The average Bonchev–Trinajstić information content (AvgIpc) is 2.78. The highest BCUT2D eigenvalue weighted by Crippen LogP contribution is 2.49. The lowest BCUT2D eigenvalue weighted by atomic mass is 9.75. The fourth-order valence-electron chi connectivity index (χ4n) is 3.69. The summed E-state index contributed by atoms with van der Waals surface area (Å²) in [5, 5.41) is 3.70. The van der Waals surface area contributed by atoms with E-state index in [-0.39, 0.29) is 5.41 Å². The number of nitrogens with zero attached hydrogens (tertiary/aromatic N) is 1. The molecule has 0 amide bonds. The Kier molecular flexibility index (Phi) is 3.80. The lowest BCUT2D eigenvalue weighted by Crippen LogP contribution is -2.23. The summed E-state index contributed by atoms with van der Waals surface area (Å²) in [5.74, 6) is 0. The summed E-state index contributed by atoms with van der Waals surface area (Å²) < 4.78 is 0. The molecule has 0 radical (unpaired) electrons. The lowest BCUT2D eigenvalue weighted by molar-refractivity contribution is 0.577. The maximum atomic E-state index is 3.70. The predicted molar refractivity (Wildman–Crippen MR) is 97.0 cm³/mol. The summed E-state index contributed by atoms with van der Waals surface area (Å²) >= 11 is 0. The fourth-order valence-corrected chi connectivity index (χ4v) is 3.69. The number of fused-ring (bicyclic) bond motifs is 3. The van der Waals surface area contributed by atoms with Crippen LogP contribution in [0.5, 0.6) is 0 Å². The molecule has 2 atom stereocenters. The normalized spacial score (nSPS) is 23.6. The molecule has 22 heavy (non-hydrogen) atoms. The van der Waals surface area contributed by atoms with Gasteiger partial charge in [0.1, 0.15) is 0 Å². The Bertz CT molecular complexity index is 639. The van der Waals surface area contributed by atoms with Crippen molar-refractivity contribution in [3.05, 3.63) is 47.1 Å². The van der Waals surface area contributed by atoms with Crippen LogP contribution in [-0.2, 0) is 11.8 Å². The molecule has 0 fully saturated rings. The molecule has 2 heteroatoms. The molecule has 118 valence electrons. The number of rotatable bonds is 4. The van der Waals surface area contributed by atoms with E-state index in [9.17, 15) is 0 Å². The van der Waals surface area contributed by atoms with Gasteiger partial charge in [0, 0.05) is 25.6 Å². The van der Waals surface area contributed by atoms with E-state index in [4.69, 9.17) is 0 Å². The highest BCUT2D eigenvalue weighted by Gasteiger charge is 2.39. The molecule has 1 N–H and O–H groups in total. The SMILES string of the molecule is CCC(C)Nc1cc2c(cc1N(C)C)CC1=CC=CCC12C. The van der Waals surface area contributed by atoms with Gasteiger partial charge in [0.25, 0.3) is 0 Å². The summed E-state index contributed by atoms with van der Waals surface area (Å²) in [4.78, 5) is 2.22. The van der Waals surface area contributed by atoms with Crippen molar-refractivity contribution in [1.82, 2.24) is 0 Å². The Morgan fingerprint density at radius 3 is 2.77 bits per heavy atom. The minimum atomic E-state index is 0.195. The molecule has 0 aliphatic heterocycles. The third-order valence-corrected chi connectivity index (χ3v) is 5.36. The predicted octanol–water partition coefficient (Wildman–Crippen LogP) is 4.66. The van der Waals surface area contributed by atoms with E-state index in [0.29, 0.717) is 6.04 Å². The first kappa shape index (κ1) is 15.2. The standard InChI is InChI=1S/C20H28N2/c1-6-14(2)21-18-13-17-15(12-19(18)22(4)5)11-16-9-7-8-10-20(16,17)3/h7-9,12-14,21H,6,10-11H2,1-5H3. The van der Waals surface area contributed by atoms with Crippen LogP contribution in [0.25, 0.3) is 0 Å². The molecule has 1 aromatic rings. The first-order valence-corrected chi connectivity index (χ1v) is 8.43. The van der Waals surface area contributed by atoms with Gasteiger partial charge in [0.15, 0.2) is 0 Å².